The van der Waals surface area contributed by atoms with E-state index in [1.807, 2.05) is 24.3 Å². The maximum absolute atomic E-state index is 13.3. The second kappa shape index (κ2) is 14.5. The van der Waals surface area contributed by atoms with E-state index in [1.165, 1.54) is 17.1 Å². The zero-order valence-corrected chi connectivity index (χ0v) is 22.2. The summed E-state index contributed by atoms with van der Waals surface area (Å²) in [7, 11) is 0. The van der Waals surface area contributed by atoms with Crippen LogP contribution in [0.4, 0.5) is 18.9 Å². The van der Waals surface area contributed by atoms with Crippen molar-refractivity contribution < 1.29 is 32.5 Å². The average molecular weight is 576 g/mol. The zero-order valence-electron chi connectivity index (χ0n) is 22.2. The van der Waals surface area contributed by atoms with Crippen LogP contribution in [-0.4, -0.2) is 61.0 Å². The highest BCUT2D eigenvalue weighted by molar-refractivity contribution is 5.99. The first-order valence-corrected chi connectivity index (χ1v) is 12.9. The molecule has 0 spiro atoms. The third kappa shape index (κ3) is 9.49. The van der Waals surface area contributed by atoms with Crippen molar-refractivity contribution in [1.29, 1.82) is 0 Å². The summed E-state index contributed by atoms with van der Waals surface area (Å²) in [5.41, 5.74) is 20.4. The molecule has 2 atom stereocenters. The molecule has 0 bridgehead atoms. The summed E-state index contributed by atoms with van der Waals surface area (Å²) in [6.07, 6.45) is -3.48. The van der Waals surface area contributed by atoms with Gasteiger partial charge < -0.3 is 27.8 Å². The summed E-state index contributed by atoms with van der Waals surface area (Å²) in [5, 5.41) is 7.58. The Morgan fingerprint density at radius 2 is 1.61 bits per heavy atom. The number of nitrogens with one attached hydrogen (secondary N) is 4. The lowest BCUT2D eigenvalue weighted by Gasteiger charge is -2.23. The normalized spacial score (nSPS) is 13.0. The predicted molar refractivity (Wildman–Crippen MR) is 147 cm³/mol. The number of hydrogen-bond acceptors (Lipinski definition) is 7. The molecule has 0 aliphatic carbocycles. The molecule has 0 radical (unpaired) electrons. The van der Waals surface area contributed by atoms with E-state index in [2.05, 4.69) is 21.0 Å². The fraction of sp³-hybridized carbons (Fsp3) is 0.333. The van der Waals surface area contributed by atoms with Crippen molar-refractivity contribution in [1.82, 2.24) is 15.8 Å². The van der Waals surface area contributed by atoms with Gasteiger partial charge in [0.2, 0.25) is 23.2 Å². The number of hydrazine groups is 1. The number of amides is 3. The minimum Gasteiger partial charge on any atom is -0.343 e. The molecule has 14 heteroatoms. The molecule has 41 heavy (non-hydrogen) atoms. The topological polar surface area (TPSA) is 183 Å². The van der Waals surface area contributed by atoms with Crippen LogP contribution in [0, 0.1) is 0 Å². The minimum absolute atomic E-state index is 0.132. The first kappa shape index (κ1) is 31.4. The average Bonchev–Trinajstić information content (AvgIpc) is 2.92. The van der Waals surface area contributed by atoms with Crippen LogP contribution < -0.4 is 38.2 Å². The number of benzene rings is 2. The number of aromatic nitrogens is 1. The molecule has 3 aromatic rings. The van der Waals surface area contributed by atoms with Gasteiger partial charge in [-0.25, -0.2) is 9.99 Å². The fourth-order valence-corrected chi connectivity index (χ4v) is 4.02. The van der Waals surface area contributed by atoms with Crippen molar-refractivity contribution in [3.05, 3.63) is 71.9 Å². The maximum Gasteiger partial charge on any atom is 0.416 e. The van der Waals surface area contributed by atoms with E-state index in [4.69, 9.17) is 17.2 Å². The van der Waals surface area contributed by atoms with Gasteiger partial charge in [-0.1, -0.05) is 24.3 Å². The number of aromatic amines is 1. The molecule has 0 saturated carbocycles. The lowest BCUT2D eigenvalue weighted by molar-refractivity contribution is -0.343. The molecule has 10 N–H and O–H groups in total. The molecule has 0 aliphatic heterocycles. The second-order valence-corrected chi connectivity index (χ2v) is 9.33. The summed E-state index contributed by atoms with van der Waals surface area (Å²) in [6.45, 7) is 1.21. The third-order valence-corrected chi connectivity index (χ3v) is 6.10. The van der Waals surface area contributed by atoms with Gasteiger partial charge in [0.1, 0.15) is 11.7 Å². The monoisotopic (exact) mass is 575 g/mol. The Morgan fingerprint density at radius 1 is 0.951 bits per heavy atom. The van der Waals surface area contributed by atoms with Crippen molar-refractivity contribution in [3.63, 3.8) is 0 Å². The van der Waals surface area contributed by atoms with Gasteiger partial charge in [0.15, 0.2) is 6.20 Å². The molecule has 2 aromatic carbocycles. The van der Waals surface area contributed by atoms with E-state index < -0.39 is 48.0 Å². The molecule has 0 unspecified atom stereocenters. The standard InChI is InChI=1S/C27H33F3N8O3/c28-27(29,30)19-7-5-17(6-8-19)13-23(26(41)35-20-14-18-3-1-2-4-22(18)34-16-20)36-25(40)21(33)15-24(39)37-38(11-9-31)12-10-32/h1-8,14,16,21,23H,9-13,15,31-33H2,(H,35,41)(H,36,40)(H,37,39)/p+1/t21-,23-/m0/s1. The van der Waals surface area contributed by atoms with Gasteiger partial charge in [-0.3, -0.25) is 19.8 Å². The van der Waals surface area contributed by atoms with Gasteiger partial charge in [-0.2, -0.15) is 13.2 Å². The number of hydrogen-bond donors (Lipinski definition) is 6. The summed E-state index contributed by atoms with van der Waals surface area (Å²) >= 11 is 0. The molecular formula is C27H34F3N8O3+. The van der Waals surface area contributed by atoms with Crippen LogP contribution in [0.2, 0.25) is 0 Å². The molecule has 0 fully saturated rings. The molecule has 1 aromatic heterocycles. The van der Waals surface area contributed by atoms with Gasteiger partial charge >= 0.3 is 6.18 Å². The third-order valence-electron chi connectivity index (χ3n) is 6.10. The van der Waals surface area contributed by atoms with Gasteiger partial charge in [-0.15, -0.1) is 0 Å². The summed E-state index contributed by atoms with van der Waals surface area (Å²) < 4.78 is 39.0. The summed E-state index contributed by atoms with van der Waals surface area (Å²) in [5.74, 6) is -1.97. The fourth-order valence-electron chi connectivity index (χ4n) is 4.02. The molecule has 3 amide bonds. The molecular weight excluding hydrogens is 541 g/mol. The Bertz CT molecular complexity index is 1330. The van der Waals surface area contributed by atoms with Crippen LogP contribution in [0.25, 0.3) is 10.9 Å². The number of pyridine rings is 1. The van der Waals surface area contributed by atoms with E-state index in [9.17, 15) is 27.6 Å². The molecule has 220 valence electrons. The Labute approximate surface area is 234 Å². The van der Waals surface area contributed by atoms with Gasteiger partial charge in [0.25, 0.3) is 0 Å². The van der Waals surface area contributed by atoms with E-state index in [0.29, 0.717) is 24.3 Å². The lowest BCUT2D eigenvalue weighted by atomic mass is 10.0. The van der Waals surface area contributed by atoms with E-state index in [0.717, 1.165) is 23.0 Å². The van der Waals surface area contributed by atoms with Crippen LogP contribution in [0.1, 0.15) is 17.5 Å². The number of anilines is 1. The SMILES string of the molecule is NCCN(CCN)NC(=O)C[C@H](N)C(=O)N[C@@H](Cc1ccc(C(F)(F)F)cc1)C(=O)Nc1c[nH+]c2ccccc2c1. The number of halogens is 3. The number of nitrogens with two attached hydrogens (primary N) is 3. The van der Waals surface area contributed by atoms with Crippen LogP contribution >= 0.6 is 0 Å². The molecule has 1 heterocycles. The molecule has 11 nitrogen and oxygen atoms in total. The van der Waals surface area contributed by atoms with E-state index in [-0.39, 0.29) is 19.5 Å². The number of H-pyrrole nitrogens is 1. The first-order valence-electron chi connectivity index (χ1n) is 12.9. The molecule has 0 aliphatic rings. The predicted octanol–water partition coefficient (Wildman–Crippen LogP) is 0.307. The van der Waals surface area contributed by atoms with Crippen molar-refractivity contribution in [2.45, 2.75) is 31.1 Å². The summed E-state index contributed by atoms with van der Waals surface area (Å²) in [4.78, 5) is 41.7. The maximum atomic E-state index is 13.3. The molecule has 3 rings (SSSR count). The van der Waals surface area contributed by atoms with Crippen molar-refractivity contribution in [2.24, 2.45) is 17.2 Å². The Hall–Kier alpha value is -4.11. The van der Waals surface area contributed by atoms with Crippen LogP contribution in [0.15, 0.2) is 60.8 Å². The van der Waals surface area contributed by atoms with Gasteiger partial charge in [0, 0.05) is 44.1 Å². The van der Waals surface area contributed by atoms with Crippen LogP contribution in [-0.2, 0) is 27.0 Å². The van der Waals surface area contributed by atoms with Gasteiger partial charge in [-0.05, 0) is 29.8 Å². The number of alkyl halides is 3. The quantitative estimate of drug-likeness (QED) is 0.159. The Kier molecular flexibility index (Phi) is 11.1. The number of fused-ring (bicyclic) bond motifs is 1. The van der Waals surface area contributed by atoms with Gasteiger partial charge in [0.05, 0.1) is 18.0 Å². The van der Waals surface area contributed by atoms with Crippen LogP contribution in [0.3, 0.4) is 0 Å². The van der Waals surface area contributed by atoms with Crippen molar-refractivity contribution in [2.75, 3.05) is 31.5 Å². The highest BCUT2D eigenvalue weighted by Crippen LogP contribution is 2.29. The zero-order chi connectivity index (χ0) is 30.0. The number of para-hydroxylation sites is 1. The van der Waals surface area contributed by atoms with Crippen molar-refractivity contribution >= 4 is 34.3 Å². The van der Waals surface area contributed by atoms with E-state index in [1.54, 1.807) is 12.3 Å². The van der Waals surface area contributed by atoms with Crippen LogP contribution in [0.5, 0.6) is 0 Å². The highest BCUT2D eigenvalue weighted by Gasteiger charge is 2.31. The first-order chi connectivity index (χ1) is 19.5. The number of nitrogens with zero attached hydrogens (tertiary/aromatic N) is 1. The lowest BCUT2D eigenvalue weighted by Crippen LogP contribution is -2.53. The number of carbonyl (C=O) groups is 3. The summed E-state index contributed by atoms with van der Waals surface area (Å²) in [6, 6.07) is 10.8. The smallest absolute Gasteiger partial charge is 0.343 e. The van der Waals surface area contributed by atoms with E-state index >= 15 is 0 Å². The minimum atomic E-state index is -4.52. The van der Waals surface area contributed by atoms with Crippen molar-refractivity contribution in [3.8, 4) is 0 Å². The highest BCUT2D eigenvalue weighted by atomic mass is 19.4. The molecule has 0 saturated heterocycles. The second-order valence-electron chi connectivity index (χ2n) is 9.33. The Balaban J connectivity index is 1.74. The number of rotatable bonds is 13. The number of carbonyl (C=O) groups excluding carboxylic acids is 3. The Morgan fingerprint density at radius 3 is 2.24 bits per heavy atom. The largest absolute Gasteiger partial charge is 0.416 e.